The predicted molar refractivity (Wildman–Crippen MR) is 85.3 cm³/mol. The van der Waals surface area contributed by atoms with Crippen LogP contribution in [0.15, 0.2) is 35.8 Å². The fraction of sp³-hybridized carbons (Fsp3) is 0.235. The molecule has 0 bridgehead atoms. The molecule has 122 valence electrons. The van der Waals surface area contributed by atoms with Gasteiger partial charge >= 0.3 is 5.97 Å². The van der Waals surface area contributed by atoms with Crippen molar-refractivity contribution in [2.75, 3.05) is 0 Å². The molecule has 0 fully saturated rings. The van der Waals surface area contributed by atoms with Crippen LogP contribution in [0.25, 0.3) is 16.6 Å². The van der Waals surface area contributed by atoms with E-state index in [4.69, 9.17) is 0 Å². The molecule has 4 rings (SSSR count). The quantitative estimate of drug-likeness (QED) is 0.784. The highest BCUT2D eigenvalue weighted by Crippen LogP contribution is 2.35. The number of benzene rings is 1. The molecule has 0 amide bonds. The van der Waals surface area contributed by atoms with Crippen molar-refractivity contribution in [3.63, 3.8) is 0 Å². The van der Waals surface area contributed by atoms with E-state index in [1.807, 2.05) is 6.92 Å². The summed E-state index contributed by atoms with van der Waals surface area (Å²) in [5, 5.41) is 9.38. The predicted octanol–water partition coefficient (Wildman–Crippen LogP) is 2.53. The van der Waals surface area contributed by atoms with Crippen molar-refractivity contribution in [2.24, 2.45) is 0 Å². The first-order chi connectivity index (χ1) is 11.5. The fourth-order valence-electron chi connectivity index (χ4n) is 3.46. The molecule has 1 N–H and O–H groups in total. The molecule has 1 unspecified atom stereocenters. The molecule has 1 aromatic carbocycles. The first kappa shape index (κ1) is 14.6. The Morgan fingerprint density at radius 1 is 1.46 bits per heavy atom. The van der Waals surface area contributed by atoms with Crippen molar-refractivity contribution >= 4 is 16.9 Å². The van der Waals surface area contributed by atoms with Crippen molar-refractivity contribution < 1.29 is 14.3 Å². The van der Waals surface area contributed by atoms with Gasteiger partial charge in [0.2, 0.25) is 5.43 Å². The molecule has 3 heterocycles. The minimum atomic E-state index is -1.30. The number of carboxylic acids is 1. The van der Waals surface area contributed by atoms with E-state index in [2.05, 4.69) is 4.98 Å². The van der Waals surface area contributed by atoms with E-state index in [1.54, 1.807) is 21.5 Å². The van der Waals surface area contributed by atoms with Gasteiger partial charge in [0.1, 0.15) is 11.4 Å². The largest absolute Gasteiger partial charge is 0.477 e. The van der Waals surface area contributed by atoms with E-state index < -0.39 is 17.2 Å². The van der Waals surface area contributed by atoms with Crippen molar-refractivity contribution in [3.8, 4) is 5.69 Å². The SMILES string of the molecule is CC1CCc2c(-n3ccnc3)c(F)cc3c(=O)c(C(=O)O)cn1c23. The average Bonchev–Trinajstić information content (AvgIpc) is 3.06. The highest BCUT2D eigenvalue weighted by molar-refractivity contribution is 5.94. The van der Waals surface area contributed by atoms with Gasteiger partial charge in [-0.3, -0.25) is 4.79 Å². The number of hydrogen-bond donors (Lipinski definition) is 1. The topological polar surface area (TPSA) is 77.1 Å². The maximum atomic E-state index is 14.8. The highest BCUT2D eigenvalue weighted by atomic mass is 19.1. The zero-order valence-electron chi connectivity index (χ0n) is 12.9. The summed E-state index contributed by atoms with van der Waals surface area (Å²) in [6.45, 7) is 1.96. The van der Waals surface area contributed by atoms with Crippen LogP contribution in [0.1, 0.15) is 35.3 Å². The number of nitrogens with zero attached hydrogens (tertiary/aromatic N) is 3. The molecule has 0 saturated carbocycles. The summed E-state index contributed by atoms with van der Waals surface area (Å²) in [4.78, 5) is 27.8. The second kappa shape index (κ2) is 5.02. The molecule has 7 heteroatoms. The van der Waals surface area contributed by atoms with Crippen LogP contribution >= 0.6 is 0 Å². The van der Waals surface area contributed by atoms with Crippen LogP contribution in [0.4, 0.5) is 4.39 Å². The van der Waals surface area contributed by atoms with Crippen LogP contribution in [-0.2, 0) is 6.42 Å². The summed E-state index contributed by atoms with van der Waals surface area (Å²) in [5.74, 6) is -1.86. The van der Waals surface area contributed by atoms with Crippen LogP contribution in [0.5, 0.6) is 0 Å². The summed E-state index contributed by atoms with van der Waals surface area (Å²) < 4.78 is 18.1. The van der Waals surface area contributed by atoms with Gasteiger partial charge in [0.25, 0.3) is 0 Å². The van der Waals surface area contributed by atoms with Gasteiger partial charge in [-0.1, -0.05) is 0 Å². The molecule has 2 aromatic heterocycles. The molecule has 0 saturated heterocycles. The second-order valence-corrected chi connectivity index (χ2v) is 6.02. The first-order valence-electron chi connectivity index (χ1n) is 7.61. The van der Waals surface area contributed by atoms with E-state index in [9.17, 15) is 19.1 Å². The Morgan fingerprint density at radius 3 is 2.92 bits per heavy atom. The second-order valence-electron chi connectivity index (χ2n) is 6.02. The lowest BCUT2D eigenvalue weighted by Gasteiger charge is -2.28. The zero-order chi connectivity index (χ0) is 17.0. The van der Waals surface area contributed by atoms with E-state index >= 15 is 0 Å². The molecule has 0 radical (unpaired) electrons. The first-order valence-corrected chi connectivity index (χ1v) is 7.61. The Balaban J connectivity index is 2.20. The van der Waals surface area contributed by atoms with Gasteiger partial charge in [-0.05, 0) is 25.8 Å². The van der Waals surface area contributed by atoms with Gasteiger partial charge in [0.15, 0.2) is 0 Å². The number of aryl methyl sites for hydroxylation is 1. The third kappa shape index (κ3) is 1.90. The summed E-state index contributed by atoms with van der Waals surface area (Å²) in [6.07, 6.45) is 7.42. The number of imidazole rings is 1. The van der Waals surface area contributed by atoms with Gasteiger partial charge in [-0.2, -0.15) is 0 Å². The van der Waals surface area contributed by atoms with Gasteiger partial charge in [0, 0.05) is 35.6 Å². The van der Waals surface area contributed by atoms with Crippen LogP contribution in [0.2, 0.25) is 0 Å². The van der Waals surface area contributed by atoms with Crippen LogP contribution < -0.4 is 5.43 Å². The minimum absolute atomic E-state index is 0.0276. The smallest absolute Gasteiger partial charge is 0.341 e. The zero-order valence-corrected chi connectivity index (χ0v) is 12.9. The highest BCUT2D eigenvalue weighted by Gasteiger charge is 2.27. The third-order valence-corrected chi connectivity index (χ3v) is 4.62. The summed E-state index contributed by atoms with van der Waals surface area (Å²) >= 11 is 0. The number of carbonyl (C=O) groups is 1. The number of hydrogen-bond acceptors (Lipinski definition) is 3. The lowest BCUT2D eigenvalue weighted by Crippen LogP contribution is -2.25. The van der Waals surface area contributed by atoms with Crippen molar-refractivity contribution in [1.82, 2.24) is 14.1 Å². The Bertz CT molecular complexity index is 1040. The van der Waals surface area contributed by atoms with Crippen LogP contribution in [0.3, 0.4) is 0 Å². The molecular formula is C17H14FN3O3. The van der Waals surface area contributed by atoms with Crippen molar-refractivity contribution in [1.29, 1.82) is 0 Å². The van der Waals surface area contributed by atoms with Crippen molar-refractivity contribution in [2.45, 2.75) is 25.8 Å². The fourth-order valence-corrected chi connectivity index (χ4v) is 3.46. The van der Waals surface area contributed by atoms with E-state index in [0.29, 0.717) is 23.2 Å². The summed E-state index contributed by atoms with van der Waals surface area (Å²) in [5.41, 5.74) is 0.685. The molecule has 24 heavy (non-hydrogen) atoms. The van der Waals surface area contributed by atoms with Crippen LogP contribution in [-0.4, -0.2) is 25.2 Å². The number of aromatic carboxylic acids is 1. The van der Waals surface area contributed by atoms with Gasteiger partial charge in [-0.25, -0.2) is 14.2 Å². The standard InChI is InChI=1S/C17H14FN3O3/c1-9-2-3-10-14-11(16(22)12(17(23)24)7-21(9)14)6-13(18)15(10)20-5-4-19-8-20/h4-9H,2-3H2,1H3,(H,23,24). The lowest BCUT2D eigenvalue weighted by molar-refractivity contribution is 0.0694. The number of halogens is 1. The Morgan fingerprint density at radius 2 is 2.25 bits per heavy atom. The number of aromatic nitrogens is 3. The van der Waals surface area contributed by atoms with E-state index in [-0.39, 0.29) is 17.0 Å². The Kier molecular flexibility index (Phi) is 3.06. The Labute approximate surface area is 135 Å². The maximum Gasteiger partial charge on any atom is 0.341 e. The molecule has 6 nitrogen and oxygen atoms in total. The molecule has 3 aromatic rings. The Hall–Kier alpha value is -2.96. The van der Waals surface area contributed by atoms with E-state index in [0.717, 1.165) is 12.5 Å². The van der Waals surface area contributed by atoms with Crippen LogP contribution in [0, 0.1) is 5.82 Å². The molecule has 1 aliphatic heterocycles. The molecule has 1 aliphatic rings. The van der Waals surface area contributed by atoms with Gasteiger partial charge in [-0.15, -0.1) is 0 Å². The monoisotopic (exact) mass is 327 g/mol. The normalized spacial score (nSPS) is 16.5. The summed E-state index contributed by atoms with van der Waals surface area (Å²) in [6, 6.07) is 1.16. The molecular weight excluding hydrogens is 313 g/mol. The number of carboxylic acid groups (broad SMARTS) is 1. The third-order valence-electron chi connectivity index (χ3n) is 4.62. The molecule has 0 aliphatic carbocycles. The number of rotatable bonds is 2. The van der Waals surface area contributed by atoms with Gasteiger partial charge < -0.3 is 14.2 Å². The number of pyridine rings is 1. The summed E-state index contributed by atoms with van der Waals surface area (Å²) in [7, 11) is 0. The maximum absolute atomic E-state index is 14.8. The minimum Gasteiger partial charge on any atom is -0.477 e. The van der Waals surface area contributed by atoms with Crippen molar-refractivity contribution in [3.05, 3.63) is 58.2 Å². The molecule has 1 atom stereocenters. The lowest BCUT2D eigenvalue weighted by atomic mass is 9.94. The van der Waals surface area contributed by atoms with Gasteiger partial charge in [0.05, 0.1) is 17.5 Å². The molecule has 0 spiro atoms. The van der Waals surface area contributed by atoms with E-state index in [1.165, 1.54) is 12.5 Å². The average molecular weight is 327 g/mol.